The molecule has 0 saturated heterocycles. The van der Waals surface area contributed by atoms with Gasteiger partial charge in [-0.25, -0.2) is 0 Å². The topological polar surface area (TPSA) is 40.5 Å². The first kappa shape index (κ1) is 24.9. The molecule has 28 heavy (non-hydrogen) atoms. The van der Waals surface area contributed by atoms with Crippen LogP contribution in [0.4, 0.5) is 0 Å². The summed E-state index contributed by atoms with van der Waals surface area (Å²) >= 11 is 0. The first-order valence-corrected chi connectivity index (χ1v) is 11.6. The fourth-order valence-corrected chi connectivity index (χ4v) is 3.79. The first-order chi connectivity index (χ1) is 13.0. The van der Waals surface area contributed by atoms with Gasteiger partial charge in [0.1, 0.15) is 11.5 Å². The molecule has 0 fully saturated rings. The number of aryl methyl sites for hydroxylation is 1. The predicted octanol–water partition coefficient (Wildman–Crippen LogP) is 8.18. The van der Waals surface area contributed by atoms with Crippen molar-refractivity contribution in [2.45, 2.75) is 119 Å². The molecule has 0 radical (unpaired) electrons. The van der Waals surface area contributed by atoms with E-state index in [0.29, 0.717) is 10.8 Å². The van der Waals surface area contributed by atoms with Gasteiger partial charge >= 0.3 is 0 Å². The van der Waals surface area contributed by atoms with Gasteiger partial charge in [-0.15, -0.1) is 0 Å². The van der Waals surface area contributed by atoms with Crippen molar-refractivity contribution in [2.75, 3.05) is 0 Å². The molecule has 0 aliphatic carbocycles. The highest BCUT2D eigenvalue weighted by molar-refractivity contribution is 5.45. The zero-order valence-corrected chi connectivity index (χ0v) is 19.5. The molecule has 0 aliphatic rings. The van der Waals surface area contributed by atoms with E-state index in [0.717, 1.165) is 36.8 Å². The summed E-state index contributed by atoms with van der Waals surface area (Å²) in [5.74, 6) is 0.462. The van der Waals surface area contributed by atoms with E-state index in [9.17, 15) is 10.2 Å². The Morgan fingerprint density at radius 2 is 1.29 bits per heavy atom. The third-order valence-corrected chi connectivity index (χ3v) is 6.16. The lowest BCUT2D eigenvalue weighted by Gasteiger charge is -2.22. The van der Waals surface area contributed by atoms with Crippen LogP contribution in [0.15, 0.2) is 12.1 Å². The van der Waals surface area contributed by atoms with Crippen LogP contribution in [0.3, 0.4) is 0 Å². The first-order valence-electron chi connectivity index (χ1n) is 11.6. The monoisotopic (exact) mass is 390 g/mol. The molecule has 0 saturated carbocycles. The highest BCUT2D eigenvalue weighted by Crippen LogP contribution is 2.31. The van der Waals surface area contributed by atoms with E-state index in [4.69, 9.17) is 0 Å². The van der Waals surface area contributed by atoms with Crippen molar-refractivity contribution in [1.29, 1.82) is 0 Å². The summed E-state index contributed by atoms with van der Waals surface area (Å²) in [4.78, 5) is 0. The number of hydrogen-bond acceptors (Lipinski definition) is 2. The van der Waals surface area contributed by atoms with Crippen LogP contribution in [-0.4, -0.2) is 10.2 Å². The summed E-state index contributed by atoms with van der Waals surface area (Å²) < 4.78 is 0. The third-order valence-electron chi connectivity index (χ3n) is 6.16. The molecule has 0 atom stereocenters. The third kappa shape index (κ3) is 10.4. The van der Waals surface area contributed by atoms with E-state index in [1.54, 1.807) is 0 Å². The van der Waals surface area contributed by atoms with Crippen LogP contribution in [0.25, 0.3) is 0 Å². The average molecular weight is 391 g/mol. The number of hydrogen-bond donors (Lipinski definition) is 2. The van der Waals surface area contributed by atoms with E-state index in [1.807, 2.05) is 6.07 Å². The minimum absolute atomic E-state index is 0.189. The minimum Gasteiger partial charge on any atom is -0.508 e. The molecular weight excluding hydrogens is 344 g/mol. The van der Waals surface area contributed by atoms with E-state index in [2.05, 4.69) is 41.5 Å². The molecule has 0 bridgehead atoms. The lowest BCUT2D eigenvalue weighted by atomic mass is 9.84. The number of phenolic OH excluding ortho intramolecular Hbond substituents is 2. The Hall–Kier alpha value is -1.18. The van der Waals surface area contributed by atoms with Crippen LogP contribution >= 0.6 is 0 Å². The Bertz CT molecular complexity index is 567. The highest BCUT2D eigenvalue weighted by atomic mass is 16.3. The van der Waals surface area contributed by atoms with Gasteiger partial charge in [0.05, 0.1) is 0 Å². The molecule has 0 aromatic heterocycles. The summed E-state index contributed by atoms with van der Waals surface area (Å²) in [6.07, 6.45) is 14.1. The van der Waals surface area contributed by atoms with Gasteiger partial charge in [0.2, 0.25) is 0 Å². The second-order valence-corrected chi connectivity index (χ2v) is 10.7. The van der Waals surface area contributed by atoms with Gasteiger partial charge in [0.25, 0.3) is 0 Å². The maximum atomic E-state index is 10.4. The van der Waals surface area contributed by atoms with Gasteiger partial charge in [0.15, 0.2) is 0 Å². The molecule has 0 spiro atoms. The number of rotatable bonds is 13. The van der Waals surface area contributed by atoms with Crippen molar-refractivity contribution in [3.05, 3.63) is 23.3 Å². The lowest BCUT2D eigenvalue weighted by molar-refractivity contribution is 0.307. The maximum Gasteiger partial charge on any atom is 0.122 e. The molecular formula is C26H46O2. The van der Waals surface area contributed by atoms with Gasteiger partial charge in [0, 0.05) is 6.07 Å². The minimum atomic E-state index is 0.189. The van der Waals surface area contributed by atoms with Crippen LogP contribution in [0.2, 0.25) is 0 Å². The second kappa shape index (κ2) is 11.7. The Morgan fingerprint density at radius 1 is 0.714 bits per heavy atom. The average Bonchev–Trinajstić information content (AvgIpc) is 2.58. The van der Waals surface area contributed by atoms with Crippen molar-refractivity contribution in [3.63, 3.8) is 0 Å². The molecule has 0 unspecified atom stereocenters. The van der Waals surface area contributed by atoms with Crippen LogP contribution < -0.4 is 0 Å². The summed E-state index contributed by atoms with van der Waals surface area (Å²) in [6, 6.07) is 3.37. The maximum absolute atomic E-state index is 10.4. The van der Waals surface area contributed by atoms with E-state index < -0.39 is 0 Å². The molecule has 2 heteroatoms. The Labute approximate surface area is 174 Å². The van der Waals surface area contributed by atoms with E-state index in [1.165, 1.54) is 57.4 Å². The van der Waals surface area contributed by atoms with Crippen molar-refractivity contribution in [1.82, 2.24) is 0 Å². The fraction of sp³-hybridized carbons (Fsp3) is 0.769. The van der Waals surface area contributed by atoms with Crippen molar-refractivity contribution in [3.8, 4) is 11.5 Å². The summed E-state index contributed by atoms with van der Waals surface area (Å²) in [5.41, 5.74) is 3.07. The van der Waals surface area contributed by atoms with Crippen molar-refractivity contribution >= 4 is 0 Å². The van der Waals surface area contributed by atoms with Gasteiger partial charge in [-0.2, -0.15) is 0 Å². The second-order valence-electron chi connectivity index (χ2n) is 10.7. The normalized spacial score (nSPS) is 12.5. The summed E-state index contributed by atoms with van der Waals surface area (Å²) in [7, 11) is 0. The molecule has 0 aliphatic heterocycles. The van der Waals surface area contributed by atoms with Gasteiger partial charge in [-0.1, -0.05) is 80.1 Å². The van der Waals surface area contributed by atoms with E-state index in [-0.39, 0.29) is 11.5 Å². The summed E-state index contributed by atoms with van der Waals surface area (Å²) in [6.45, 7) is 13.9. The van der Waals surface area contributed by atoms with Crippen molar-refractivity contribution < 1.29 is 10.2 Å². The molecule has 0 amide bonds. The number of phenols is 2. The Balaban J connectivity index is 2.45. The van der Waals surface area contributed by atoms with Crippen LogP contribution in [0.5, 0.6) is 11.5 Å². The number of unbranched alkanes of at least 4 members (excludes halogenated alkanes) is 5. The van der Waals surface area contributed by atoms with Gasteiger partial charge in [-0.3, -0.25) is 0 Å². The SMILES string of the molecule is CCC(C)(C)CCCCCCc1cc(O)cc(O)c1CCCCCC(C)(C)C. The smallest absolute Gasteiger partial charge is 0.122 e. The summed E-state index contributed by atoms with van der Waals surface area (Å²) in [5, 5.41) is 20.3. The molecule has 1 aromatic carbocycles. The zero-order chi connectivity index (χ0) is 21.2. The molecule has 2 nitrogen and oxygen atoms in total. The molecule has 2 N–H and O–H groups in total. The zero-order valence-electron chi connectivity index (χ0n) is 19.5. The number of benzene rings is 1. The Morgan fingerprint density at radius 3 is 1.93 bits per heavy atom. The quantitative estimate of drug-likeness (QED) is 0.333. The standard InChI is InChI=1S/C26H46O2/c1-7-26(5,6)18-14-9-8-11-15-21-19-22(27)20-24(28)23(21)16-12-10-13-17-25(2,3)4/h19-20,27-28H,7-18H2,1-6H3. The Kier molecular flexibility index (Phi) is 10.4. The van der Waals surface area contributed by atoms with Crippen LogP contribution in [-0.2, 0) is 12.8 Å². The predicted molar refractivity (Wildman–Crippen MR) is 122 cm³/mol. The van der Waals surface area contributed by atoms with Gasteiger partial charge < -0.3 is 10.2 Å². The van der Waals surface area contributed by atoms with Crippen LogP contribution in [0, 0.1) is 10.8 Å². The largest absolute Gasteiger partial charge is 0.508 e. The molecule has 0 heterocycles. The lowest BCUT2D eigenvalue weighted by Crippen LogP contribution is -2.08. The highest BCUT2D eigenvalue weighted by Gasteiger charge is 2.14. The van der Waals surface area contributed by atoms with Crippen molar-refractivity contribution in [2.24, 2.45) is 10.8 Å². The molecule has 1 rings (SSSR count). The fourth-order valence-electron chi connectivity index (χ4n) is 3.79. The van der Waals surface area contributed by atoms with E-state index >= 15 is 0 Å². The molecule has 1 aromatic rings. The van der Waals surface area contributed by atoms with Crippen LogP contribution in [0.1, 0.15) is 117 Å². The van der Waals surface area contributed by atoms with Gasteiger partial charge in [-0.05, 0) is 66.5 Å². The number of aromatic hydroxyl groups is 2. The molecule has 162 valence electrons.